The minimum Gasteiger partial charge on any atom is -0.462 e. The third kappa shape index (κ3) is 9.68. The summed E-state index contributed by atoms with van der Waals surface area (Å²) in [5.74, 6) is -1.44. The van der Waals surface area contributed by atoms with Gasteiger partial charge >= 0.3 is 5.97 Å². The average Bonchev–Trinajstić information content (AvgIpc) is 3.39. The van der Waals surface area contributed by atoms with Gasteiger partial charge in [0.25, 0.3) is 11.8 Å². The fourth-order valence-electron chi connectivity index (χ4n) is 5.31. The molecule has 3 N–H and O–H groups in total. The molecule has 5 rings (SSSR count). The largest absolute Gasteiger partial charge is 0.462 e. The maximum atomic E-state index is 13.5. The summed E-state index contributed by atoms with van der Waals surface area (Å²) in [7, 11) is 0. The van der Waals surface area contributed by atoms with E-state index in [9.17, 15) is 19.2 Å². The summed E-state index contributed by atoms with van der Waals surface area (Å²) >= 11 is 6.24. The number of esters is 1. The summed E-state index contributed by atoms with van der Waals surface area (Å²) in [6.07, 6.45) is 7.67. The van der Waals surface area contributed by atoms with Crippen LogP contribution in [0.15, 0.2) is 93.9 Å². The Balaban J connectivity index is 1.27. The van der Waals surface area contributed by atoms with E-state index in [0.717, 1.165) is 63.9 Å². The minimum absolute atomic E-state index is 0.0712. The molecule has 0 unspecified atom stereocenters. The third-order valence-electron chi connectivity index (χ3n) is 7.55. The SMILES string of the molecule is CCOC(=O)c1c(NC(=O)CSc2cccc(NC(=O)/C(=C\c3cccc(Br)c3)NC(=O)c3ccccc3)c2)sc2c1CCCCCC2. The summed E-state index contributed by atoms with van der Waals surface area (Å²) < 4.78 is 6.20. The Kier molecular flexibility index (Phi) is 12.6. The van der Waals surface area contributed by atoms with Gasteiger partial charge in [-0.05, 0) is 92.3 Å². The third-order valence-corrected chi connectivity index (χ3v) is 10.2. The molecule has 8 nitrogen and oxygen atoms in total. The molecular formula is C37H36BrN3O5S2. The van der Waals surface area contributed by atoms with Crippen LogP contribution < -0.4 is 16.0 Å². The molecule has 4 aromatic rings. The van der Waals surface area contributed by atoms with E-state index < -0.39 is 17.8 Å². The zero-order valence-corrected chi connectivity index (χ0v) is 29.7. The highest BCUT2D eigenvalue weighted by Crippen LogP contribution is 2.38. The summed E-state index contributed by atoms with van der Waals surface area (Å²) in [6, 6.07) is 23.2. The normalized spacial score (nSPS) is 13.0. The van der Waals surface area contributed by atoms with E-state index in [2.05, 4.69) is 31.9 Å². The molecule has 48 heavy (non-hydrogen) atoms. The first-order valence-electron chi connectivity index (χ1n) is 15.8. The number of hydrogen-bond donors (Lipinski definition) is 3. The number of hydrogen-bond acceptors (Lipinski definition) is 7. The van der Waals surface area contributed by atoms with Gasteiger partial charge < -0.3 is 20.7 Å². The van der Waals surface area contributed by atoms with E-state index in [-0.39, 0.29) is 24.0 Å². The summed E-state index contributed by atoms with van der Waals surface area (Å²) in [6.45, 7) is 2.04. The molecule has 3 amide bonds. The summed E-state index contributed by atoms with van der Waals surface area (Å²) in [4.78, 5) is 54.5. The van der Waals surface area contributed by atoms with Crippen LogP contribution in [0.5, 0.6) is 0 Å². The second-order valence-electron chi connectivity index (χ2n) is 11.1. The number of benzene rings is 3. The quantitative estimate of drug-likeness (QED) is 0.0807. The molecule has 248 valence electrons. The Labute approximate surface area is 296 Å². The lowest BCUT2D eigenvalue weighted by Gasteiger charge is -2.12. The molecule has 1 aliphatic carbocycles. The van der Waals surface area contributed by atoms with Crippen LogP contribution in [0, 0.1) is 0 Å². The predicted octanol–water partition coefficient (Wildman–Crippen LogP) is 8.49. The van der Waals surface area contributed by atoms with Crippen molar-refractivity contribution in [2.24, 2.45) is 0 Å². The second-order valence-corrected chi connectivity index (χ2v) is 14.2. The number of fused-ring (bicyclic) bond motifs is 1. The van der Waals surface area contributed by atoms with Crippen LogP contribution in [0.2, 0.25) is 0 Å². The minimum atomic E-state index is -0.501. The first kappa shape index (κ1) is 35.1. The number of aryl methyl sites for hydroxylation is 1. The van der Waals surface area contributed by atoms with Crippen LogP contribution in [0.25, 0.3) is 6.08 Å². The molecule has 0 atom stereocenters. The van der Waals surface area contributed by atoms with Gasteiger partial charge in [-0.3, -0.25) is 14.4 Å². The Hall–Kier alpha value is -4.19. The molecular weight excluding hydrogens is 710 g/mol. The maximum absolute atomic E-state index is 13.5. The number of rotatable bonds is 11. The molecule has 1 heterocycles. The first-order valence-corrected chi connectivity index (χ1v) is 18.4. The van der Waals surface area contributed by atoms with Gasteiger partial charge in [0.15, 0.2) is 0 Å². The van der Waals surface area contributed by atoms with Crippen molar-refractivity contribution in [3.63, 3.8) is 0 Å². The van der Waals surface area contributed by atoms with Crippen LogP contribution >= 0.6 is 39.0 Å². The van der Waals surface area contributed by atoms with Gasteiger partial charge in [-0.2, -0.15) is 0 Å². The van der Waals surface area contributed by atoms with Crippen molar-refractivity contribution >= 4 is 79.5 Å². The van der Waals surface area contributed by atoms with Gasteiger partial charge in [0.2, 0.25) is 5.91 Å². The van der Waals surface area contributed by atoms with Gasteiger partial charge in [-0.25, -0.2) is 4.79 Å². The number of ether oxygens (including phenoxy) is 1. The zero-order chi connectivity index (χ0) is 33.9. The Morgan fingerprint density at radius 1 is 0.896 bits per heavy atom. The Bertz CT molecular complexity index is 1820. The molecule has 0 radical (unpaired) electrons. The topological polar surface area (TPSA) is 114 Å². The molecule has 1 aromatic heterocycles. The molecule has 0 saturated carbocycles. The number of carbonyl (C=O) groups is 4. The number of thiophene rings is 1. The molecule has 0 spiro atoms. The Morgan fingerprint density at radius 3 is 2.44 bits per heavy atom. The van der Waals surface area contributed by atoms with Gasteiger partial charge in [0, 0.05) is 25.5 Å². The summed E-state index contributed by atoms with van der Waals surface area (Å²) in [5.41, 5.74) is 3.22. The van der Waals surface area contributed by atoms with E-state index in [1.165, 1.54) is 23.1 Å². The van der Waals surface area contributed by atoms with Gasteiger partial charge in [-0.15, -0.1) is 23.1 Å². The predicted molar refractivity (Wildman–Crippen MR) is 197 cm³/mol. The van der Waals surface area contributed by atoms with Crippen molar-refractivity contribution in [1.82, 2.24) is 5.32 Å². The van der Waals surface area contributed by atoms with Gasteiger partial charge in [-0.1, -0.05) is 65.2 Å². The highest BCUT2D eigenvalue weighted by atomic mass is 79.9. The van der Waals surface area contributed by atoms with Crippen molar-refractivity contribution in [3.8, 4) is 0 Å². The lowest BCUT2D eigenvalue weighted by molar-refractivity contribution is -0.114. The van der Waals surface area contributed by atoms with E-state index in [4.69, 9.17) is 4.74 Å². The van der Waals surface area contributed by atoms with Crippen molar-refractivity contribution in [1.29, 1.82) is 0 Å². The van der Waals surface area contributed by atoms with E-state index in [0.29, 0.717) is 21.8 Å². The standard InChI is InChI=1S/C37H36BrN3O5S2/c1-2-46-37(45)33-29-18-8-3-4-9-19-31(29)48-36(33)41-32(42)23-47-28-17-11-16-27(22-28)39-35(44)30(21-24-12-10-15-26(38)20-24)40-34(43)25-13-6-5-7-14-25/h5-7,10-17,20-22H,2-4,8-9,18-19,23H2,1H3,(H,39,44)(H,40,43)(H,41,42)/b30-21+. The van der Waals surface area contributed by atoms with Crippen molar-refractivity contribution < 1.29 is 23.9 Å². The van der Waals surface area contributed by atoms with Crippen LogP contribution in [0.4, 0.5) is 10.7 Å². The molecule has 0 bridgehead atoms. The Morgan fingerprint density at radius 2 is 1.67 bits per heavy atom. The zero-order valence-electron chi connectivity index (χ0n) is 26.5. The molecule has 0 aliphatic heterocycles. The lowest BCUT2D eigenvalue weighted by atomic mass is 9.96. The smallest absolute Gasteiger partial charge is 0.341 e. The average molecular weight is 747 g/mol. The van der Waals surface area contributed by atoms with Crippen LogP contribution in [-0.4, -0.2) is 36.1 Å². The maximum Gasteiger partial charge on any atom is 0.341 e. The van der Waals surface area contributed by atoms with Crippen molar-refractivity contribution in [3.05, 3.63) is 116 Å². The first-order chi connectivity index (χ1) is 23.3. The molecule has 11 heteroatoms. The van der Waals surface area contributed by atoms with Crippen LogP contribution in [0.1, 0.15) is 69.3 Å². The van der Waals surface area contributed by atoms with Crippen molar-refractivity contribution in [2.45, 2.75) is 50.3 Å². The number of nitrogens with one attached hydrogen (secondary N) is 3. The van der Waals surface area contributed by atoms with Gasteiger partial charge in [0.1, 0.15) is 10.7 Å². The van der Waals surface area contributed by atoms with Crippen LogP contribution in [-0.2, 0) is 27.2 Å². The number of amides is 3. The molecule has 0 fully saturated rings. The van der Waals surface area contributed by atoms with E-state index >= 15 is 0 Å². The van der Waals surface area contributed by atoms with E-state index in [1.807, 2.05) is 36.4 Å². The monoisotopic (exact) mass is 745 g/mol. The number of anilines is 2. The highest BCUT2D eigenvalue weighted by Gasteiger charge is 2.26. The molecule has 3 aromatic carbocycles. The highest BCUT2D eigenvalue weighted by molar-refractivity contribution is 9.10. The van der Waals surface area contributed by atoms with Crippen molar-refractivity contribution in [2.75, 3.05) is 23.0 Å². The fraction of sp³-hybridized carbons (Fsp3) is 0.243. The number of halogens is 1. The van der Waals surface area contributed by atoms with Gasteiger partial charge in [0.05, 0.1) is 17.9 Å². The lowest BCUT2D eigenvalue weighted by Crippen LogP contribution is -2.30. The fourth-order valence-corrected chi connectivity index (χ4v) is 7.77. The van der Waals surface area contributed by atoms with E-state index in [1.54, 1.807) is 55.5 Å². The number of thioether (sulfide) groups is 1. The number of carbonyl (C=O) groups excluding carboxylic acids is 4. The second kappa shape index (κ2) is 17.3. The van der Waals surface area contributed by atoms with Crippen LogP contribution in [0.3, 0.4) is 0 Å². The molecule has 1 aliphatic rings. The summed E-state index contributed by atoms with van der Waals surface area (Å²) in [5, 5.41) is 9.15. The molecule has 0 saturated heterocycles.